The summed E-state index contributed by atoms with van der Waals surface area (Å²) in [6.45, 7) is 0. The molecule has 0 radical (unpaired) electrons. The maximum Gasteiger partial charge on any atom is 0.0540 e. The van der Waals surface area contributed by atoms with Crippen molar-refractivity contribution in [1.29, 1.82) is 0 Å². The number of hydrogen-bond donors (Lipinski definition) is 0. The lowest BCUT2D eigenvalue weighted by Gasteiger charge is -2.29. The molecule has 0 unspecified atom stereocenters. The van der Waals surface area contributed by atoms with Crippen molar-refractivity contribution in [2.24, 2.45) is 0 Å². The van der Waals surface area contributed by atoms with E-state index in [0.717, 1.165) is 157 Å². The monoisotopic (exact) mass is 1630 g/mol. The van der Waals surface area contributed by atoms with Gasteiger partial charge in [-0.1, -0.05) is 376 Å². The van der Waals surface area contributed by atoms with Gasteiger partial charge in [-0.3, -0.25) is 0 Å². The summed E-state index contributed by atoms with van der Waals surface area (Å²) in [6.07, 6.45) is 0. The Morgan fingerprint density at radius 2 is 0.273 bits per heavy atom. The molecule has 0 saturated carbocycles. The molecule has 4 heteroatoms. The molecule has 0 fully saturated rings. The van der Waals surface area contributed by atoms with E-state index in [1.54, 1.807) is 0 Å². The number of rotatable bonds is 21. The second kappa shape index (κ2) is 34.4. The van der Waals surface area contributed by atoms with Gasteiger partial charge in [0.05, 0.1) is 22.7 Å². The Labute approximate surface area is 747 Å². The van der Waals surface area contributed by atoms with E-state index in [9.17, 15) is 0 Å². The normalized spacial score (nSPS) is 11.3. The van der Waals surface area contributed by atoms with Gasteiger partial charge in [-0.25, -0.2) is 0 Å². The summed E-state index contributed by atoms with van der Waals surface area (Å²) in [4.78, 5) is 9.68. The van der Waals surface area contributed by atoms with E-state index in [4.69, 9.17) is 0 Å². The summed E-state index contributed by atoms with van der Waals surface area (Å²) >= 11 is 0. The van der Waals surface area contributed by atoms with Crippen molar-refractivity contribution in [3.63, 3.8) is 0 Å². The molecule has 0 aliphatic carbocycles. The minimum absolute atomic E-state index is 1.04. The van der Waals surface area contributed by atoms with Crippen LogP contribution in [0.5, 0.6) is 0 Å². The third-order valence-electron chi connectivity index (χ3n) is 25.0. The predicted molar refractivity (Wildman–Crippen MR) is 544 cm³/mol. The predicted octanol–water partition coefficient (Wildman–Crippen LogP) is 35.2. The first-order chi connectivity index (χ1) is 63.4. The summed E-state index contributed by atoms with van der Waals surface area (Å²) in [5.74, 6) is 0. The molecule has 0 spiro atoms. The second-order valence-corrected chi connectivity index (χ2v) is 32.8. The highest BCUT2D eigenvalue weighted by molar-refractivity contribution is 6.05. The van der Waals surface area contributed by atoms with E-state index in [2.05, 4.69) is 541 Å². The molecule has 0 aromatic heterocycles. The fourth-order valence-electron chi connectivity index (χ4n) is 18.6. The minimum atomic E-state index is 1.04. The SMILES string of the molecule is c1ccc(-c2ccc(N(c3ccc(-c4ccc(N(c5ccc(-c6ccccc6)cc5)c5cccc6cc(-c7cccc(-c8cc(-c9ccccc9)cc(N(c9ccc(-c%10ccc(N(c%11cc(-c%12ccccc%12)cc(-c%12ccccc%12)c%11)c%11cccc%12ccccc%11%12)cc%10)cc9)c9cccc%10ccccc9%10)c8)c7)ccc56)cc4)cc3)c3cccc4ccccc34)cc2)cc1. The van der Waals surface area contributed by atoms with Crippen LogP contribution >= 0.6 is 0 Å². The summed E-state index contributed by atoms with van der Waals surface area (Å²) in [5.41, 5.74) is 33.5. The summed E-state index contributed by atoms with van der Waals surface area (Å²) in [5, 5.41) is 9.36. The van der Waals surface area contributed by atoms with Gasteiger partial charge in [0.2, 0.25) is 0 Å². The molecule has 22 aromatic carbocycles. The van der Waals surface area contributed by atoms with Gasteiger partial charge in [-0.2, -0.15) is 0 Å². The van der Waals surface area contributed by atoms with Crippen LogP contribution in [0.25, 0.3) is 143 Å². The van der Waals surface area contributed by atoms with Crippen LogP contribution in [0.4, 0.5) is 68.2 Å². The molecular formula is C124H86N4. The second-order valence-electron chi connectivity index (χ2n) is 32.8. The number of anilines is 12. The molecule has 0 bridgehead atoms. The number of nitrogens with zero attached hydrogens (tertiary/aromatic N) is 4. The number of fused-ring (bicyclic) bond motifs is 4. The molecular weight excluding hydrogens is 1550 g/mol. The Hall–Kier alpha value is -16.9. The average Bonchev–Trinajstić information content (AvgIpc) is 0.742. The maximum absolute atomic E-state index is 2.45. The van der Waals surface area contributed by atoms with Crippen molar-refractivity contribution in [2.75, 3.05) is 19.6 Å². The first-order valence-electron chi connectivity index (χ1n) is 43.9. The van der Waals surface area contributed by atoms with Crippen molar-refractivity contribution < 1.29 is 0 Å². The zero-order chi connectivity index (χ0) is 85.1. The molecule has 128 heavy (non-hydrogen) atoms. The van der Waals surface area contributed by atoms with Gasteiger partial charge < -0.3 is 19.6 Å². The maximum atomic E-state index is 2.45. The highest BCUT2D eigenvalue weighted by Crippen LogP contribution is 2.49. The van der Waals surface area contributed by atoms with Crippen LogP contribution in [0.15, 0.2) is 522 Å². The van der Waals surface area contributed by atoms with Gasteiger partial charge in [0.1, 0.15) is 0 Å². The molecule has 0 aliphatic heterocycles. The molecule has 0 amide bonds. The van der Waals surface area contributed by atoms with E-state index < -0.39 is 0 Å². The van der Waals surface area contributed by atoms with Crippen molar-refractivity contribution >= 4 is 111 Å². The Morgan fingerprint density at radius 3 is 0.570 bits per heavy atom. The quantitative estimate of drug-likeness (QED) is 0.0711. The lowest BCUT2D eigenvalue weighted by molar-refractivity contribution is 1.29. The highest BCUT2D eigenvalue weighted by Gasteiger charge is 2.25. The van der Waals surface area contributed by atoms with Gasteiger partial charge in [-0.05, 0) is 267 Å². The van der Waals surface area contributed by atoms with Crippen molar-refractivity contribution in [1.82, 2.24) is 0 Å². The van der Waals surface area contributed by atoms with Crippen molar-refractivity contribution in [3.05, 3.63) is 522 Å². The van der Waals surface area contributed by atoms with Crippen LogP contribution in [-0.2, 0) is 0 Å². The molecule has 22 aromatic rings. The van der Waals surface area contributed by atoms with E-state index in [-0.39, 0.29) is 0 Å². The molecule has 22 rings (SSSR count). The topological polar surface area (TPSA) is 13.0 Å². The van der Waals surface area contributed by atoms with E-state index >= 15 is 0 Å². The van der Waals surface area contributed by atoms with Gasteiger partial charge in [-0.15, -0.1) is 0 Å². The van der Waals surface area contributed by atoms with Crippen LogP contribution < -0.4 is 19.6 Å². The van der Waals surface area contributed by atoms with Crippen LogP contribution in [0.1, 0.15) is 0 Å². The molecule has 0 atom stereocenters. The average molecular weight is 1630 g/mol. The zero-order valence-electron chi connectivity index (χ0n) is 70.4. The molecule has 0 heterocycles. The first-order valence-corrected chi connectivity index (χ1v) is 43.9. The third-order valence-corrected chi connectivity index (χ3v) is 25.0. The Morgan fingerprint density at radius 1 is 0.0938 bits per heavy atom. The smallest absolute Gasteiger partial charge is 0.0540 e. The molecule has 602 valence electrons. The van der Waals surface area contributed by atoms with E-state index in [1.807, 2.05) is 0 Å². The van der Waals surface area contributed by atoms with Gasteiger partial charge >= 0.3 is 0 Å². The lowest BCUT2D eigenvalue weighted by atomic mass is 9.94. The van der Waals surface area contributed by atoms with E-state index in [0.29, 0.717) is 0 Å². The minimum Gasteiger partial charge on any atom is -0.310 e. The number of benzene rings is 22. The lowest BCUT2D eigenvalue weighted by Crippen LogP contribution is -2.11. The Balaban J connectivity index is 0.595. The zero-order valence-corrected chi connectivity index (χ0v) is 70.4. The van der Waals surface area contributed by atoms with Gasteiger partial charge in [0.25, 0.3) is 0 Å². The van der Waals surface area contributed by atoms with Gasteiger partial charge in [0.15, 0.2) is 0 Å². The largest absolute Gasteiger partial charge is 0.310 e. The number of hydrogen-bond acceptors (Lipinski definition) is 4. The first kappa shape index (κ1) is 77.2. The highest BCUT2D eigenvalue weighted by atomic mass is 15.2. The van der Waals surface area contributed by atoms with E-state index in [1.165, 1.54) is 54.7 Å². The molecule has 0 aliphatic rings. The van der Waals surface area contributed by atoms with Crippen LogP contribution in [-0.4, -0.2) is 0 Å². The van der Waals surface area contributed by atoms with Gasteiger partial charge in [0, 0.05) is 67.0 Å². The van der Waals surface area contributed by atoms with Crippen LogP contribution in [0.3, 0.4) is 0 Å². The summed E-state index contributed by atoms with van der Waals surface area (Å²) in [7, 11) is 0. The molecule has 4 nitrogen and oxygen atoms in total. The summed E-state index contributed by atoms with van der Waals surface area (Å²) < 4.78 is 0. The Kier molecular flexibility index (Phi) is 20.7. The fourth-order valence-corrected chi connectivity index (χ4v) is 18.6. The summed E-state index contributed by atoms with van der Waals surface area (Å²) in [6, 6.07) is 191. The van der Waals surface area contributed by atoms with Crippen LogP contribution in [0, 0.1) is 0 Å². The van der Waals surface area contributed by atoms with Crippen molar-refractivity contribution in [3.8, 4) is 100 Å². The fraction of sp³-hybridized carbons (Fsp3) is 0. The van der Waals surface area contributed by atoms with Crippen LogP contribution in [0.2, 0.25) is 0 Å². The molecule has 0 N–H and O–H groups in total. The molecule has 0 saturated heterocycles. The van der Waals surface area contributed by atoms with Crippen molar-refractivity contribution in [2.45, 2.75) is 0 Å². The standard InChI is InChI=1S/C124H86N4/c1-6-27-87(28-7-1)92-53-66-109(67-54-92)125(121-49-23-40-98-37-16-19-46-117(98)121)110-70-57-94(58-71-110)95-59-72-112(73-60-95)126(111-68-55-93(56-69-111)88-29-8-2-9-30-88)124-52-26-45-104-80-103(65-78-120(104)124)101-43-22-44-102(79-101)108-82-107(91-35-14-5-15-36-91)85-116(86-108)128(123-51-25-42-100-39-18-21-48-119(100)123)114-76-63-97(64-77-114)96-61-74-113(75-62-96)127(122-50-24-41-99-38-17-20-47-118(99)122)115-83-105(89-31-10-3-11-32-89)81-106(84-115)90-33-12-4-13-34-90/h1-86H. The third kappa shape index (κ3) is 15.5. The Bertz CT molecular complexity index is 7660.